The molecular formula is C25H33N3O3. The topological polar surface area (TPSA) is 82.3 Å². The number of aryl methyl sites for hydroxylation is 1. The Morgan fingerprint density at radius 2 is 1.77 bits per heavy atom. The first-order chi connectivity index (χ1) is 14.9. The van der Waals surface area contributed by atoms with Crippen molar-refractivity contribution in [2.75, 3.05) is 13.1 Å². The van der Waals surface area contributed by atoms with Gasteiger partial charge in [-0.25, -0.2) is 0 Å². The van der Waals surface area contributed by atoms with Gasteiger partial charge in [0.2, 0.25) is 5.91 Å². The van der Waals surface area contributed by atoms with Crippen molar-refractivity contribution in [2.45, 2.75) is 65.3 Å². The molecule has 2 amide bonds. The normalized spacial score (nSPS) is 14.9. The minimum atomic E-state index is -0.646. The molecule has 0 radical (unpaired) electrons. The molecule has 2 aromatic rings. The summed E-state index contributed by atoms with van der Waals surface area (Å²) in [6.45, 7) is 6.82. The summed E-state index contributed by atoms with van der Waals surface area (Å²) in [4.78, 5) is 43.7. The van der Waals surface area contributed by atoms with Crippen LogP contribution in [-0.2, 0) is 17.6 Å². The predicted molar refractivity (Wildman–Crippen MR) is 121 cm³/mol. The molecule has 6 heteroatoms. The molecule has 1 aliphatic heterocycles. The molecule has 1 aromatic carbocycles. The van der Waals surface area contributed by atoms with Crippen LogP contribution in [-0.4, -0.2) is 46.6 Å². The number of aromatic amines is 1. The molecule has 3 rings (SSSR count). The summed E-state index contributed by atoms with van der Waals surface area (Å²) in [7, 11) is 0. The molecule has 0 saturated carbocycles. The SMILES string of the molecule is CCCc1c(C(=O)NC(Cc2ccccc2)C(=O)N2CCCCC2)[nH]c(C)c1C(C)=O. The third-order valence-corrected chi connectivity index (χ3v) is 5.92. The van der Waals surface area contributed by atoms with Gasteiger partial charge in [-0.1, -0.05) is 43.7 Å². The zero-order valence-electron chi connectivity index (χ0n) is 18.8. The number of hydrogen-bond donors (Lipinski definition) is 2. The lowest BCUT2D eigenvalue weighted by atomic mass is 10.00. The third-order valence-electron chi connectivity index (χ3n) is 5.92. The van der Waals surface area contributed by atoms with Crippen LogP contribution in [0.15, 0.2) is 30.3 Å². The molecule has 1 atom stereocenters. The summed E-state index contributed by atoms with van der Waals surface area (Å²) in [5.74, 6) is -0.421. The Labute approximate surface area is 184 Å². The summed E-state index contributed by atoms with van der Waals surface area (Å²) >= 11 is 0. The smallest absolute Gasteiger partial charge is 0.268 e. The first kappa shape index (κ1) is 22.8. The van der Waals surface area contributed by atoms with E-state index in [1.807, 2.05) is 49.1 Å². The number of hydrogen-bond acceptors (Lipinski definition) is 3. The minimum absolute atomic E-state index is 0.0379. The molecule has 0 spiro atoms. The van der Waals surface area contributed by atoms with Gasteiger partial charge in [0.25, 0.3) is 5.91 Å². The maximum Gasteiger partial charge on any atom is 0.268 e. The van der Waals surface area contributed by atoms with Crippen molar-refractivity contribution in [3.8, 4) is 0 Å². The van der Waals surface area contributed by atoms with E-state index in [1.54, 1.807) is 0 Å². The Kier molecular flexibility index (Phi) is 7.66. The number of amides is 2. The number of benzene rings is 1. The Bertz CT molecular complexity index is 927. The van der Waals surface area contributed by atoms with Crippen molar-refractivity contribution in [2.24, 2.45) is 0 Å². The lowest BCUT2D eigenvalue weighted by Crippen LogP contribution is -2.51. The molecule has 1 fully saturated rings. The number of aromatic nitrogens is 1. The van der Waals surface area contributed by atoms with E-state index in [9.17, 15) is 14.4 Å². The summed E-state index contributed by atoms with van der Waals surface area (Å²) in [6, 6.07) is 9.10. The fourth-order valence-corrected chi connectivity index (χ4v) is 4.46. The van der Waals surface area contributed by atoms with E-state index in [4.69, 9.17) is 0 Å². The highest BCUT2D eigenvalue weighted by Gasteiger charge is 2.30. The average Bonchev–Trinajstić information content (AvgIpc) is 3.10. The summed E-state index contributed by atoms with van der Waals surface area (Å²) in [5, 5.41) is 2.98. The number of nitrogens with one attached hydrogen (secondary N) is 2. The van der Waals surface area contributed by atoms with Gasteiger partial charge in [-0.15, -0.1) is 0 Å². The Morgan fingerprint density at radius 3 is 2.39 bits per heavy atom. The van der Waals surface area contributed by atoms with Crippen molar-refractivity contribution in [1.82, 2.24) is 15.2 Å². The Hall–Kier alpha value is -2.89. The number of ketones is 1. The highest BCUT2D eigenvalue weighted by molar-refractivity contribution is 6.03. The fourth-order valence-electron chi connectivity index (χ4n) is 4.46. The summed E-state index contributed by atoms with van der Waals surface area (Å²) in [6.07, 6.45) is 5.01. The molecule has 1 aromatic heterocycles. The maximum absolute atomic E-state index is 13.3. The molecule has 0 bridgehead atoms. The van der Waals surface area contributed by atoms with Crippen molar-refractivity contribution >= 4 is 17.6 Å². The van der Waals surface area contributed by atoms with Crippen LogP contribution in [0.4, 0.5) is 0 Å². The van der Waals surface area contributed by atoms with Crippen LogP contribution in [0, 0.1) is 6.92 Å². The van der Waals surface area contributed by atoms with Gasteiger partial charge >= 0.3 is 0 Å². The highest BCUT2D eigenvalue weighted by Crippen LogP contribution is 2.22. The van der Waals surface area contributed by atoms with Crippen LogP contribution in [0.2, 0.25) is 0 Å². The van der Waals surface area contributed by atoms with Crippen molar-refractivity contribution in [3.05, 3.63) is 58.4 Å². The zero-order chi connectivity index (χ0) is 22.4. The lowest BCUT2D eigenvalue weighted by Gasteiger charge is -2.31. The molecule has 1 saturated heterocycles. The Balaban J connectivity index is 1.88. The average molecular weight is 424 g/mol. The van der Waals surface area contributed by atoms with Crippen molar-refractivity contribution < 1.29 is 14.4 Å². The van der Waals surface area contributed by atoms with E-state index in [2.05, 4.69) is 10.3 Å². The first-order valence-corrected chi connectivity index (χ1v) is 11.3. The van der Waals surface area contributed by atoms with Gasteiger partial charge in [-0.3, -0.25) is 14.4 Å². The van der Waals surface area contributed by atoms with Gasteiger partial charge in [0, 0.05) is 30.8 Å². The molecule has 1 unspecified atom stereocenters. The second-order valence-corrected chi connectivity index (χ2v) is 8.39. The third kappa shape index (κ3) is 5.43. The van der Waals surface area contributed by atoms with E-state index in [-0.39, 0.29) is 17.6 Å². The number of likely N-dealkylation sites (tertiary alicyclic amines) is 1. The van der Waals surface area contributed by atoms with Gasteiger partial charge in [0.15, 0.2) is 5.78 Å². The van der Waals surface area contributed by atoms with E-state index >= 15 is 0 Å². The second kappa shape index (κ2) is 10.4. The van der Waals surface area contributed by atoms with Crippen LogP contribution >= 0.6 is 0 Å². The lowest BCUT2D eigenvalue weighted by molar-refractivity contribution is -0.134. The molecule has 31 heavy (non-hydrogen) atoms. The van der Waals surface area contributed by atoms with Gasteiger partial charge < -0.3 is 15.2 Å². The van der Waals surface area contributed by atoms with Crippen LogP contribution < -0.4 is 5.32 Å². The number of piperidine rings is 1. The van der Waals surface area contributed by atoms with E-state index in [0.717, 1.165) is 49.9 Å². The van der Waals surface area contributed by atoms with Crippen LogP contribution in [0.1, 0.15) is 77.2 Å². The maximum atomic E-state index is 13.3. The molecule has 0 aliphatic carbocycles. The second-order valence-electron chi connectivity index (χ2n) is 8.39. The fraction of sp³-hybridized carbons (Fsp3) is 0.480. The number of carbonyl (C=O) groups is 3. The van der Waals surface area contributed by atoms with Crippen molar-refractivity contribution in [1.29, 1.82) is 0 Å². The molecule has 2 N–H and O–H groups in total. The first-order valence-electron chi connectivity index (χ1n) is 11.3. The summed E-state index contributed by atoms with van der Waals surface area (Å²) < 4.78 is 0. The zero-order valence-corrected chi connectivity index (χ0v) is 18.8. The highest BCUT2D eigenvalue weighted by atomic mass is 16.2. The number of rotatable bonds is 8. The standard InChI is InChI=1S/C25H33N3O3/c1-4-11-20-22(18(3)29)17(2)26-23(20)24(30)27-21(16-19-12-7-5-8-13-19)25(31)28-14-9-6-10-15-28/h5,7-8,12-13,21,26H,4,6,9-11,14-16H2,1-3H3,(H,27,30). The number of nitrogens with zero attached hydrogens (tertiary/aromatic N) is 1. The van der Waals surface area contributed by atoms with Gasteiger partial charge in [-0.05, 0) is 50.7 Å². The van der Waals surface area contributed by atoms with E-state index in [1.165, 1.54) is 6.92 Å². The molecule has 6 nitrogen and oxygen atoms in total. The van der Waals surface area contributed by atoms with Crippen LogP contribution in [0.5, 0.6) is 0 Å². The molecule has 2 heterocycles. The monoisotopic (exact) mass is 423 g/mol. The van der Waals surface area contributed by atoms with Gasteiger partial charge in [-0.2, -0.15) is 0 Å². The Morgan fingerprint density at radius 1 is 1.10 bits per heavy atom. The van der Waals surface area contributed by atoms with Crippen LogP contribution in [0.3, 0.4) is 0 Å². The van der Waals surface area contributed by atoms with E-state index in [0.29, 0.717) is 29.8 Å². The summed E-state index contributed by atoms with van der Waals surface area (Å²) in [5.41, 5.74) is 3.43. The molecule has 166 valence electrons. The van der Waals surface area contributed by atoms with E-state index < -0.39 is 6.04 Å². The van der Waals surface area contributed by atoms with Gasteiger partial charge in [0.1, 0.15) is 11.7 Å². The van der Waals surface area contributed by atoms with Crippen LogP contribution in [0.25, 0.3) is 0 Å². The molecular weight excluding hydrogens is 390 g/mol. The molecule has 1 aliphatic rings. The number of carbonyl (C=O) groups excluding carboxylic acids is 3. The minimum Gasteiger partial charge on any atom is -0.354 e. The predicted octanol–water partition coefficient (Wildman–Crippen LogP) is 3.83. The largest absolute Gasteiger partial charge is 0.354 e. The van der Waals surface area contributed by atoms with Gasteiger partial charge in [0.05, 0.1) is 0 Å². The number of H-pyrrole nitrogens is 1. The quantitative estimate of drug-likeness (QED) is 0.633. The number of Topliss-reactive ketones (excluding diaryl/α,β-unsaturated/α-hetero) is 1. The van der Waals surface area contributed by atoms with Crippen molar-refractivity contribution in [3.63, 3.8) is 0 Å².